The third kappa shape index (κ3) is 6.79. The number of hydrogen-bond acceptors (Lipinski definition) is 6. The number of amides is 1. The summed E-state index contributed by atoms with van der Waals surface area (Å²) in [6, 6.07) is 3.85. The van der Waals surface area contributed by atoms with E-state index >= 15 is 0 Å². The zero-order valence-corrected chi connectivity index (χ0v) is 18.4. The molecule has 1 heterocycles. The minimum atomic E-state index is -1.22. The lowest BCUT2D eigenvalue weighted by Gasteiger charge is -2.27. The summed E-state index contributed by atoms with van der Waals surface area (Å²) in [5.74, 6) is 1.36. The first-order chi connectivity index (χ1) is 14.5. The molecule has 0 aliphatic heterocycles. The minimum Gasteiger partial charge on any atom is -0.474 e. The lowest BCUT2D eigenvalue weighted by Crippen LogP contribution is -2.36. The van der Waals surface area contributed by atoms with E-state index in [9.17, 15) is 9.59 Å². The molecule has 2 N–H and O–H groups in total. The van der Waals surface area contributed by atoms with Crippen molar-refractivity contribution in [3.05, 3.63) is 17.7 Å². The Morgan fingerprint density at radius 3 is 2.47 bits per heavy atom. The summed E-state index contributed by atoms with van der Waals surface area (Å²) in [7, 11) is 0. The standard InChI is InChI=1S/C22H32N2O5S/c1-2-14-30-21-18(20(25)23-15-6-4-3-5-7-15)12-13-19(24-21)28-16-8-10-17(11-9-16)29-22(26)27/h12-13,15-17H,2-11,14H2,1H3,(H,23,25)(H,26,27). The summed E-state index contributed by atoms with van der Waals surface area (Å²) in [6.07, 6.45) is 7.94. The van der Waals surface area contributed by atoms with Gasteiger partial charge in [-0.1, -0.05) is 26.2 Å². The second-order valence-corrected chi connectivity index (χ2v) is 9.14. The fourth-order valence-electron chi connectivity index (χ4n) is 4.06. The quantitative estimate of drug-likeness (QED) is 0.435. The van der Waals surface area contributed by atoms with Crippen molar-refractivity contribution >= 4 is 23.8 Å². The second-order valence-electron chi connectivity index (χ2n) is 8.06. The zero-order chi connectivity index (χ0) is 21.3. The van der Waals surface area contributed by atoms with Crippen LogP contribution in [0.1, 0.15) is 81.5 Å². The number of thioether (sulfide) groups is 1. The van der Waals surface area contributed by atoms with E-state index < -0.39 is 6.16 Å². The average molecular weight is 437 g/mol. The van der Waals surface area contributed by atoms with Crippen LogP contribution in [0.4, 0.5) is 4.79 Å². The lowest BCUT2D eigenvalue weighted by atomic mass is 9.95. The van der Waals surface area contributed by atoms with Gasteiger partial charge >= 0.3 is 6.16 Å². The molecule has 3 rings (SSSR count). The van der Waals surface area contributed by atoms with E-state index in [4.69, 9.17) is 14.6 Å². The Morgan fingerprint density at radius 1 is 1.10 bits per heavy atom. The summed E-state index contributed by atoms with van der Waals surface area (Å²) < 4.78 is 10.9. The normalized spacial score (nSPS) is 22.3. The van der Waals surface area contributed by atoms with Gasteiger partial charge in [0.05, 0.1) is 5.56 Å². The first-order valence-corrected chi connectivity index (χ1v) is 12.0. The van der Waals surface area contributed by atoms with E-state index in [1.807, 2.05) is 6.07 Å². The summed E-state index contributed by atoms with van der Waals surface area (Å²) >= 11 is 1.58. The highest BCUT2D eigenvalue weighted by molar-refractivity contribution is 7.99. The van der Waals surface area contributed by atoms with Crippen LogP contribution in [-0.4, -0.2) is 46.2 Å². The van der Waals surface area contributed by atoms with E-state index in [2.05, 4.69) is 17.2 Å². The van der Waals surface area contributed by atoms with Crippen LogP contribution in [0.15, 0.2) is 17.2 Å². The third-order valence-corrected chi connectivity index (χ3v) is 6.84. The fourth-order valence-corrected chi connectivity index (χ4v) is 4.93. The molecule has 0 spiro atoms. The van der Waals surface area contributed by atoms with E-state index in [-0.39, 0.29) is 24.2 Å². The first-order valence-electron chi connectivity index (χ1n) is 11.1. The number of hydrogen-bond donors (Lipinski definition) is 2. The molecule has 2 fully saturated rings. The monoisotopic (exact) mass is 436 g/mol. The van der Waals surface area contributed by atoms with Crippen LogP contribution in [0.2, 0.25) is 0 Å². The molecule has 0 aromatic carbocycles. The van der Waals surface area contributed by atoms with Crippen LogP contribution in [0.3, 0.4) is 0 Å². The van der Waals surface area contributed by atoms with E-state index in [0.29, 0.717) is 29.3 Å². The van der Waals surface area contributed by atoms with Crippen molar-refractivity contribution in [1.82, 2.24) is 10.3 Å². The summed E-state index contributed by atoms with van der Waals surface area (Å²) in [5.41, 5.74) is 0.616. The van der Waals surface area contributed by atoms with Gasteiger partial charge in [-0.2, -0.15) is 0 Å². The Labute approximate surface area is 182 Å². The van der Waals surface area contributed by atoms with Crippen molar-refractivity contribution in [2.75, 3.05) is 5.75 Å². The number of carbonyl (C=O) groups is 2. The summed E-state index contributed by atoms with van der Waals surface area (Å²) in [5, 5.41) is 12.6. The molecule has 2 aliphatic rings. The molecular formula is C22H32N2O5S. The van der Waals surface area contributed by atoms with Crippen molar-refractivity contribution in [3.63, 3.8) is 0 Å². The molecule has 0 saturated heterocycles. The van der Waals surface area contributed by atoms with Crippen molar-refractivity contribution in [2.45, 2.75) is 94.4 Å². The fraction of sp³-hybridized carbons (Fsp3) is 0.682. The highest BCUT2D eigenvalue weighted by Gasteiger charge is 2.26. The Hall–Kier alpha value is -1.96. The molecule has 2 aliphatic carbocycles. The summed E-state index contributed by atoms with van der Waals surface area (Å²) in [4.78, 5) is 28.2. The molecule has 2 saturated carbocycles. The smallest absolute Gasteiger partial charge is 0.474 e. The van der Waals surface area contributed by atoms with Crippen LogP contribution < -0.4 is 10.1 Å². The second kappa shape index (κ2) is 11.4. The average Bonchev–Trinajstić information content (AvgIpc) is 2.74. The van der Waals surface area contributed by atoms with Gasteiger partial charge in [0.25, 0.3) is 5.91 Å². The predicted molar refractivity (Wildman–Crippen MR) is 115 cm³/mol. The van der Waals surface area contributed by atoms with Gasteiger partial charge in [0, 0.05) is 12.1 Å². The molecular weight excluding hydrogens is 404 g/mol. The maximum Gasteiger partial charge on any atom is 0.506 e. The molecule has 1 amide bonds. The molecule has 8 heteroatoms. The van der Waals surface area contributed by atoms with Gasteiger partial charge in [-0.15, -0.1) is 11.8 Å². The molecule has 7 nitrogen and oxygen atoms in total. The predicted octanol–water partition coefficient (Wildman–Crippen LogP) is 5.03. The molecule has 30 heavy (non-hydrogen) atoms. The van der Waals surface area contributed by atoms with Gasteiger partial charge in [0.2, 0.25) is 5.88 Å². The van der Waals surface area contributed by atoms with Crippen molar-refractivity contribution in [2.24, 2.45) is 0 Å². The summed E-state index contributed by atoms with van der Waals surface area (Å²) in [6.45, 7) is 2.10. The van der Waals surface area contributed by atoms with Crippen LogP contribution in [0.25, 0.3) is 0 Å². The van der Waals surface area contributed by atoms with Crippen molar-refractivity contribution in [3.8, 4) is 5.88 Å². The highest BCUT2D eigenvalue weighted by Crippen LogP contribution is 2.29. The van der Waals surface area contributed by atoms with Crippen molar-refractivity contribution in [1.29, 1.82) is 0 Å². The minimum absolute atomic E-state index is 0.0166. The number of aromatic nitrogens is 1. The van der Waals surface area contributed by atoms with E-state index in [1.54, 1.807) is 17.8 Å². The van der Waals surface area contributed by atoms with Gasteiger partial charge in [-0.05, 0) is 56.8 Å². The number of carbonyl (C=O) groups excluding carboxylic acids is 1. The van der Waals surface area contributed by atoms with Gasteiger partial charge in [0.1, 0.15) is 17.2 Å². The highest BCUT2D eigenvalue weighted by atomic mass is 32.2. The SMILES string of the molecule is CCCSc1nc(OC2CCC(OC(=O)O)CC2)ccc1C(=O)NC1CCCCC1. The van der Waals surface area contributed by atoms with Crippen molar-refractivity contribution < 1.29 is 24.2 Å². The Bertz CT molecular complexity index is 715. The van der Waals surface area contributed by atoms with E-state index in [1.165, 1.54) is 19.3 Å². The number of nitrogens with zero attached hydrogens (tertiary/aromatic N) is 1. The van der Waals surface area contributed by atoms with Crippen LogP contribution in [0, 0.1) is 0 Å². The maximum atomic E-state index is 12.9. The number of ether oxygens (including phenoxy) is 2. The lowest BCUT2D eigenvalue weighted by molar-refractivity contribution is 0.0143. The van der Waals surface area contributed by atoms with Crippen LogP contribution >= 0.6 is 11.8 Å². The van der Waals surface area contributed by atoms with Crippen LogP contribution in [-0.2, 0) is 4.74 Å². The number of nitrogens with one attached hydrogen (secondary N) is 1. The van der Waals surface area contributed by atoms with Gasteiger partial charge in [-0.3, -0.25) is 4.79 Å². The Kier molecular flexibility index (Phi) is 8.66. The third-order valence-electron chi connectivity index (χ3n) is 5.64. The maximum absolute atomic E-state index is 12.9. The van der Waals surface area contributed by atoms with E-state index in [0.717, 1.165) is 37.9 Å². The molecule has 0 bridgehead atoms. The molecule has 0 atom stereocenters. The molecule has 166 valence electrons. The Balaban J connectivity index is 1.62. The first kappa shape index (κ1) is 22.7. The molecule has 0 radical (unpaired) electrons. The molecule has 1 aromatic heterocycles. The van der Waals surface area contributed by atoms with Gasteiger partial charge in [0.15, 0.2) is 0 Å². The molecule has 1 aromatic rings. The number of pyridine rings is 1. The topological polar surface area (TPSA) is 97.8 Å². The van der Waals surface area contributed by atoms with Crippen LogP contribution in [0.5, 0.6) is 5.88 Å². The molecule has 0 unspecified atom stereocenters. The Morgan fingerprint density at radius 2 is 1.80 bits per heavy atom. The van der Waals surface area contributed by atoms with Gasteiger partial charge < -0.3 is 19.9 Å². The van der Waals surface area contributed by atoms with Gasteiger partial charge in [-0.25, -0.2) is 9.78 Å². The largest absolute Gasteiger partial charge is 0.506 e. The number of carboxylic acid groups (broad SMARTS) is 1. The number of rotatable bonds is 8. The zero-order valence-electron chi connectivity index (χ0n) is 17.6.